The Morgan fingerprint density at radius 3 is 2.55 bits per heavy atom. The molecule has 168 valence electrons. The van der Waals surface area contributed by atoms with Crippen LogP contribution < -0.4 is 10.6 Å². The van der Waals surface area contributed by atoms with Crippen LogP contribution in [0, 0.1) is 11.3 Å². The molecular weight excluding hydrogens is 368 g/mol. The summed E-state index contributed by atoms with van der Waals surface area (Å²) < 4.78 is 11.5. The summed E-state index contributed by atoms with van der Waals surface area (Å²) in [6, 6.07) is 0.0778. The Balaban J connectivity index is 1.96. The molecule has 2 aliphatic heterocycles. The minimum Gasteiger partial charge on any atom is -0.444 e. The Bertz CT molecular complexity index is 565. The van der Waals surface area contributed by atoms with E-state index < -0.39 is 5.60 Å². The van der Waals surface area contributed by atoms with Crippen LogP contribution in [0.3, 0.4) is 0 Å². The average molecular weight is 411 g/mol. The first-order chi connectivity index (χ1) is 13.5. The number of nitrogens with one attached hydrogen (secondary N) is 2. The fourth-order valence-corrected chi connectivity index (χ4v) is 4.16. The lowest BCUT2D eigenvalue weighted by Gasteiger charge is -2.39. The molecule has 0 radical (unpaired) electrons. The molecule has 2 saturated heterocycles. The molecule has 0 aromatic rings. The molecule has 7 heteroatoms. The molecule has 2 N–H and O–H groups in total. The van der Waals surface area contributed by atoms with Gasteiger partial charge in [-0.2, -0.15) is 0 Å². The number of nitrogens with zero attached hydrogens (tertiary/aromatic N) is 2. The molecule has 0 aliphatic carbocycles. The second kappa shape index (κ2) is 10.0. The Hall–Kier alpha value is -1.50. The Labute approximate surface area is 177 Å². The lowest BCUT2D eigenvalue weighted by atomic mass is 9.78. The zero-order valence-corrected chi connectivity index (χ0v) is 19.5. The fourth-order valence-electron chi connectivity index (χ4n) is 4.16. The maximum absolute atomic E-state index is 12.1. The molecule has 0 aromatic carbocycles. The van der Waals surface area contributed by atoms with Gasteiger partial charge in [0.2, 0.25) is 0 Å². The maximum Gasteiger partial charge on any atom is 0.407 e. The molecule has 2 rings (SSSR count). The number of ether oxygens (including phenoxy) is 2. The van der Waals surface area contributed by atoms with Crippen LogP contribution in [0.5, 0.6) is 0 Å². The molecule has 0 aromatic heterocycles. The number of amides is 1. The number of aliphatic imine (C=N–C) groups is 1. The minimum atomic E-state index is -0.482. The molecule has 2 heterocycles. The first-order valence-corrected chi connectivity index (χ1v) is 11.1. The molecule has 2 fully saturated rings. The van der Waals surface area contributed by atoms with Gasteiger partial charge in [0.15, 0.2) is 5.96 Å². The standard InChI is InChI=1S/C22H42N4O3/c1-8-23-19(24-14-16-10-9-13-28-18(16)21(2,3)4)26-12-11-17(15-26)25-20(27)29-22(5,6)7/h16-18H,8-15H2,1-7H3,(H,23,24)(H,25,27). The first kappa shape index (κ1) is 23.8. The number of alkyl carbamates (subject to hydrolysis) is 1. The minimum absolute atomic E-state index is 0.0778. The second-order valence-corrected chi connectivity index (χ2v) is 10.3. The van der Waals surface area contributed by atoms with Gasteiger partial charge in [0.05, 0.1) is 12.1 Å². The summed E-state index contributed by atoms with van der Waals surface area (Å²) in [6.07, 6.45) is 3.05. The number of likely N-dealkylation sites (tertiary alicyclic amines) is 1. The molecule has 0 bridgehead atoms. The van der Waals surface area contributed by atoms with E-state index in [-0.39, 0.29) is 23.7 Å². The van der Waals surface area contributed by atoms with Gasteiger partial charge in [-0.05, 0) is 52.4 Å². The summed E-state index contributed by atoms with van der Waals surface area (Å²) in [5.41, 5.74) is -0.362. The molecule has 3 unspecified atom stereocenters. The van der Waals surface area contributed by atoms with Crippen molar-refractivity contribution in [2.24, 2.45) is 16.3 Å². The van der Waals surface area contributed by atoms with E-state index in [1.54, 1.807) is 0 Å². The third-order valence-electron chi connectivity index (χ3n) is 5.32. The van der Waals surface area contributed by atoms with E-state index in [1.165, 1.54) is 0 Å². The van der Waals surface area contributed by atoms with Crippen LogP contribution in [0.15, 0.2) is 4.99 Å². The van der Waals surface area contributed by atoms with E-state index >= 15 is 0 Å². The average Bonchev–Trinajstić information content (AvgIpc) is 3.04. The highest BCUT2D eigenvalue weighted by Gasteiger charge is 2.35. The molecule has 2 aliphatic rings. The van der Waals surface area contributed by atoms with Gasteiger partial charge in [-0.3, -0.25) is 4.99 Å². The summed E-state index contributed by atoms with van der Waals surface area (Å²) in [5, 5.41) is 6.41. The number of carbonyl (C=O) groups excluding carboxylic acids is 1. The summed E-state index contributed by atoms with van der Waals surface area (Å²) >= 11 is 0. The van der Waals surface area contributed by atoms with Gasteiger partial charge in [0, 0.05) is 38.7 Å². The second-order valence-electron chi connectivity index (χ2n) is 10.3. The zero-order chi connectivity index (χ0) is 21.7. The van der Waals surface area contributed by atoms with E-state index in [0.29, 0.717) is 5.92 Å². The largest absolute Gasteiger partial charge is 0.444 e. The van der Waals surface area contributed by atoms with E-state index in [2.05, 4.69) is 43.2 Å². The third-order valence-corrected chi connectivity index (χ3v) is 5.32. The first-order valence-electron chi connectivity index (χ1n) is 11.1. The lowest BCUT2D eigenvalue weighted by molar-refractivity contribution is -0.0824. The van der Waals surface area contributed by atoms with Crippen LogP contribution >= 0.6 is 0 Å². The number of guanidine groups is 1. The van der Waals surface area contributed by atoms with Crippen molar-refractivity contribution in [3.05, 3.63) is 0 Å². The quantitative estimate of drug-likeness (QED) is 0.549. The number of hydrogen-bond acceptors (Lipinski definition) is 4. The Kier molecular flexibility index (Phi) is 8.20. The van der Waals surface area contributed by atoms with Gasteiger partial charge in [0.1, 0.15) is 5.60 Å². The van der Waals surface area contributed by atoms with Crippen LogP contribution in [0.2, 0.25) is 0 Å². The van der Waals surface area contributed by atoms with Crippen molar-refractivity contribution in [3.8, 4) is 0 Å². The summed E-state index contributed by atoms with van der Waals surface area (Å²) in [4.78, 5) is 19.3. The molecule has 3 atom stereocenters. The summed E-state index contributed by atoms with van der Waals surface area (Å²) in [6.45, 7) is 18.5. The van der Waals surface area contributed by atoms with Crippen molar-refractivity contribution in [1.82, 2.24) is 15.5 Å². The predicted molar refractivity (Wildman–Crippen MR) is 117 cm³/mol. The van der Waals surface area contributed by atoms with Crippen LogP contribution in [0.4, 0.5) is 4.79 Å². The molecule has 29 heavy (non-hydrogen) atoms. The Morgan fingerprint density at radius 2 is 1.93 bits per heavy atom. The van der Waals surface area contributed by atoms with Crippen LogP contribution in [-0.4, -0.2) is 67.5 Å². The van der Waals surface area contributed by atoms with Gasteiger partial charge in [-0.15, -0.1) is 0 Å². The molecule has 1 amide bonds. The number of carbonyl (C=O) groups is 1. The van der Waals surface area contributed by atoms with Crippen LogP contribution in [-0.2, 0) is 9.47 Å². The van der Waals surface area contributed by atoms with E-state index in [0.717, 1.165) is 58.0 Å². The predicted octanol–water partition coefficient (Wildman–Crippen LogP) is 3.39. The smallest absolute Gasteiger partial charge is 0.407 e. The fraction of sp³-hybridized carbons (Fsp3) is 0.909. The summed E-state index contributed by atoms with van der Waals surface area (Å²) in [7, 11) is 0. The van der Waals surface area contributed by atoms with Gasteiger partial charge in [0.25, 0.3) is 0 Å². The van der Waals surface area contributed by atoms with Crippen molar-refractivity contribution in [3.63, 3.8) is 0 Å². The van der Waals surface area contributed by atoms with E-state index in [1.807, 2.05) is 20.8 Å². The highest BCUT2D eigenvalue weighted by molar-refractivity contribution is 5.80. The van der Waals surface area contributed by atoms with Gasteiger partial charge >= 0.3 is 6.09 Å². The van der Waals surface area contributed by atoms with Crippen molar-refractivity contribution < 1.29 is 14.3 Å². The number of rotatable bonds is 4. The van der Waals surface area contributed by atoms with Crippen molar-refractivity contribution >= 4 is 12.1 Å². The lowest BCUT2D eigenvalue weighted by Crippen LogP contribution is -2.45. The molecule has 7 nitrogen and oxygen atoms in total. The highest BCUT2D eigenvalue weighted by Crippen LogP contribution is 2.34. The maximum atomic E-state index is 12.1. The van der Waals surface area contributed by atoms with Gasteiger partial charge < -0.3 is 25.0 Å². The van der Waals surface area contributed by atoms with Crippen molar-refractivity contribution in [2.45, 2.75) is 85.5 Å². The SMILES string of the molecule is CCNC(=NCC1CCCOC1C(C)(C)C)N1CCC(NC(=O)OC(C)(C)C)C1. The highest BCUT2D eigenvalue weighted by atomic mass is 16.6. The molecular formula is C22H42N4O3. The van der Waals surface area contributed by atoms with E-state index in [4.69, 9.17) is 14.5 Å². The normalized spacial score (nSPS) is 26.4. The van der Waals surface area contributed by atoms with Gasteiger partial charge in [-0.1, -0.05) is 20.8 Å². The summed E-state index contributed by atoms with van der Waals surface area (Å²) in [5.74, 6) is 1.37. The molecule has 0 spiro atoms. The Morgan fingerprint density at radius 1 is 1.21 bits per heavy atom. The zero-order valence-electron chi connectivity index (χ0n) is 19.5. The molecule has 0 saturated carbocycles. The van der Waals surface area contributed by atoms with Crippen molar-refractivity contribution in [2.75, 3.05) is 32.8 Å². The van der Waals surface area contributed by atoms with E-state index in [9.17, 15) is 4.79 Å². The number of hydrogen-bond donors (Lipinski definition) is 2. The van der Waals surface area contributed by atoms with Crippen LogP contribution in [0.1, 0.15) is 67.7 Å². The van der Waals surface area contributed by atoms with Gasteiger partial charge in [-0.25, -0.2) is 4.79 Å². The topological polar surface area (TPSA) is 75.2 Å². The van der Waals surface area contributed by atoms with Crippen molar-refractivity contribution in [1.29, 1.82) is 0 Å². The third kappa shape index (κ3) is 7.68. The van der Waals surface area contributed by atoms with Crippen LogP contribution in [0.25, 0.3) is 0 Å². The monoisotopic (exact) mass is 410 g/mol.